The number of aromatic hydroxyl groups is 1. The lowest BCUT2D eigenvalue weighted by Crippen LogP contribution is -2.22. The van der Waals surface area contributed by atoms with Crippen LogP contribution in [0.2, 0.25) is 0 Å². The molecule has 1 aromatic rings. The smallest absolute Gasteiger partial charge is 0.422 e. The van der Waals surface area contributed by atoms with E-state index in [0.29, 0.717) is 11.3 Å². The van der Waals surface area contributed by atoms with Crippen LogP contribution in [0, 0.1) is 0 Å². The Hall–Kier alpha value is -1.77. The van der Waals surface area contributed by atoms with Crippen molar-refractivity contribution in [1.29, 1.82) is 0 Å². The zero-order chi connectivity index (χ0) is 16.6. The van der Waals surface area contributed by atoms with E-state index in [2.05, 4.69) is 4.74 Å². The van der Waals surface area contributed by atoms with Crippen molar-refractivity contribution in [3.05, 3.63) is 15.3 Å². The van der Waals surface area contributed by atoms with Crippen LogP contribution in [-0.2, 0) is 10.2 Å². The maximum atomic E-state index is 12.1. The predicted octanol–water partition coefficient (Wildman–Crippen LogP) is 3.17. The quantitative estimate of drug-likeness (QED) is 0.834. The summed E-state index contributed by atoms with van der Waals surface area (Å²) >= 11 is 0.388. The van der Waals surface area contributed by atoms with Crippen LogP contribution < -0.4 is 0 Å². The molecule has 0 aliphatic rings. The number of ether oxygens (including phenoxy) is 1. The minimum atomic E-state index is -4.69. The zero-order valence-corrected chi connectivity index (χ0v) is 12.2. The molecule has 2 N–H and O–H groups in total. The number of rotatable bonds is 3. The Labute approximate surface area is 122 Å². The fourth-order valence-corrected chi connectivity index (χ4v) is 2.76. The highest BCUT2D eigenvalue weighted by molar-refractivity contribution is 7.16. The molecule has 9 heteroatoms. The van der Waals surface area contributed by atoms with Gasteiger partial charge in [0.2, 0.25) is 0 Å². The molecular formula is C12H13F3O5S. The van der Waals surface area contributed by atoms with Crippen molar-refractivity contribution in [2.24, 2.45) is 0 Å². The minimum Gasteiger partial charge on any atom is -0.506 e. The van der Waals surface area contributed by atoms with E-state index >= 15 is 0 Å². The van der Waals surface area contributed by atoms with E-state index < -0.39 is 40.8 Å². The Morgan fingerprint density at radius 3 is 2.10 bits per heavy atom. The second kappa shape index (κ2) is 5.55. The van der Waals surface area contributed by atoms with Crippen LogP contribution in [0.25, 0.3) is 0 Å². The molecule has 1 aromatic heterocycles. The molecule has 0 bridgehead atoms. The second-order valence-electron chi connectivity index (χ2n) is 5.23. The van der Waals surface area contributed by atoms with Crippen molar-refractivity contribution < 1.29 is 37.7 Å². The summed E-state index contributed by atoms with van der Waals surface area (Å²) in [6.45, 7) is 2.97. The van der Waals surface area contributed by atoms with E-state index in [1.165, 1.54) is 0 Å². The lowest BCUT2D eigenvalue weighted by atomic mass is 9.86. The van der Waals surface area contributed by atoms with Crippen LogP contribution in [0.1, 0.15) is 45.7 Å². The molecule has 0 aromatic carbocycles. The van der Waals surface area contributed by atoms with Crippen molar-refractivity contribution in [1.82, 2.24) is 0 Å². The maximum absolute atomic E-state index is 12.1. The third kappa shape index (κ3) is 4.10. The number of halogens is 3. The first-order valence-corrected chi connectivity index (χ1v) is 6.49. The van der Waals surface area contributed by atoms with Crippen LogP contribution in [0.15, 0.2) is 0 Å². The van der Waals surface area contributed by atoms with Gasteiger partial charge in [-0.05, 0) is 5.41 Å². The van der Waals surface area contributed by atoms with Gasteiger partial charge in [-0.1, -0.05) is 20.8 Å². The standard InChI is InChI=1S/C12H13F3O5S/c1-11(2,3)5-6(16)8(9(17)18)21-7(5)10(19)20-4-12(13,14)15/h16H,4H2,1-3H3,(H,17,18). The van der Waals surface area contributed by atoms with Gasteiger partial charge in [0.1, 0.15) is 10.6 Å². The van der Waals surface area contributed by atoms with Gasteiger partial charge in [-0.15, -0.1) is 11.3 Å². The first-order valence-electron chi connectivity index (χ1n) is 5.68. The molecule has 1 heterocycles. The predicted molar refractivity (Wildman–Crippen MR) is 68.0 cm³/mol. The Morgan fingerprint density at radius 2 is 1.71 bits per heavy atom. The molecule has 0 aliphatic carbocycles. The molecule has 0 unspecified atom stereocenters. The van der Waals surface area contributed by atoms with Gasteiger partial charge in [-0.25, -0.2) is 9.59 Å². The van der Waals surface area contributed by atoms with Crippen LogP contribution in [0.3, 0.4) is 0 Å². The maximum Gasteiger partial charge on any atom is 0.422 e. The van der Waals surface area contributed by atoms with Gasteiger partial charge in [0.15, 0.2) is 11.5 Å². The molecule has 21 heavy (non-hydrogen) atoms. The average molecular weight is 326 g/mol. The van der Waals surface area contributed by atoms with Crippen LogP contribution in [0.4, 0.5) is 13.2 Å². The fraction of sp³-hybridized carbons (Fsp3) is 0.500. The number of thiophene rings is 1. The first-order chi connectivity index (χ1) is 9.34. The lowest BCUT2D eigenvalue weighted by molar-refractivity contribution is -0.161. The number of alkyl halides is 3. The molecule has 0 saturated carbocycles. The van der Waals surface area contributed by atoms with E-state index in [1.807, 2.05) is 0 Å². The summed E-state index contributed by atoms with van der Waals surface area (Å²) in [5, 5.41) is 18.8. The Balaban J connectivity index is 3.26. The lowest BCUT2D eigenvalue weighted by Gasteiger charge is -2.19. The summed E-state index contributed by atoms with van der Waals surface area (Å²) in [6, 6.07) is 0. The van der Waals surface area contributed by atoms with Crippen molar-refractivity contribution in [2.45, 2.75) is 32.4 Å². The summed E-state index contributed by atoms with van der Waals surface area (Å²) in [5.41, 5.74) is -0.891. The Morgan fingerprint density at radius 1 is 1.19 bits per heavy atom. The molecule has 118 valence electrons. The Kier molecular flexibility index (Phi) is 4.57. The SMILES string of the molecule is CC(C)(C)c1c(C(=O)OCC(F)(F)F)sc(C(=O)O)c1O. The molecule has 0 atom stereocenters. The van der Waals surface area contributed by atoms with Gasteiger partial charge in [-0.3, -0.25) is 0 Å². The third-order valence-corrected chi connectivity index (χ3v) is 3.53. The van der Waals surface area contributed by atoms with Crippen molar-refractivity contribution in [3.63, 3.8) is 0 Å². The van der Waals surface area contributed by atoms with Crippen LogP contribution in [0.5, 0.6) is 5.75 Å². The minimum absolute atomic E-state index is 0.0444. The summed E-state index contributed by atoms with van der Waals surface area (Å²) in [7, 11) is 0. The largest absolute Gasteiger partial charge is 0.506 e. The third-order valence-electron chi connectivity index (χ3n) is 2.38. The van der Waals surface area contributed by atoms with E-state index in [4.69, 9.17) is 5.11 Å². The second-order valence-corrected chi connectivity index (χ2v) is 6.25. The Bertz CT molecular complexity index is 569. The number of aromatic carboxylic acids is 1. The van der Waals surface area contributed by atoms with Crippen molar-refractivity contribution >= 4 is 23.3 Å². The van der Waals surface area contributed by atoms with Gasteiger partial charge in [0.25, 0.3) is 0 Å². The highest BCUT2D eigenvalue weighted by Crippen LogP contribution is 2.42. The normalized spacial score (nSPS) is 12.3. The topological polar surface area (TPSA) is 83.8 Å². The van der Waals surface area contributed by atoms with Crippen molar-refractivity contribution in [2.75, 3.05) is 6.61 Å². The van der Waals surface area contributed by atoms with E-state index in [9.17, 15) is 27.9 Å². The molecule has 5 nitrogen and oxygen atoms in total. The average Bonchev–Trinajstić information content (AvgIpc) is 2.62. The number of carbonyl (C=O) groups excluding carboxylic acids is 1. The molecule has 1 rings (SSSR count). The molecule has 0 radical (unpaired) electrons. The highest BCUT2D eigenvalue weighted by atomic mass is 32.1. The van der Waals surface area contributed by atoms with Crippen LogP contribution in [-0.4, -0.2) is 34.9 Å². The number of esters is 1. The summed E-state index contributed by atoms with van der Waals surface area (Å²) < 4.78 is 40.3. The molecule has 0 fully saturated rings. The van der Waals surface area contributed by atoms with Gasteiger partial charge in [-0.2, -0.15) is 13.2 Å². The van der Waals surface area contributed by atoms with E-state index in [-0.39, 0.29) is 10.4 Å². The zero-order valence-electron chi connectivity index (χ0n) is 11.4. The number of carbonyl (C=O) groups is 2. The van der Waals surface area contributed by atoms with E-state index in [1.54, 1.807) is 20.8 Å². The van der Waals surface area contributed by atoms with Gasteiger partial charge >= 0.3 is 18.1 Å². The molecule has 0 amide bonds. The molecular weight excluding hydrogens is 313 g/mol. The monoisotopic (exact) mass is 326 g/mol. The van der Waals surface area contributed by atoms with Gasteiger partial charge < -0.3 is 14.9 Å². The van der Waals surface area contributed by atoms with E-state index in [0.717, 1.165) is 0 Å². The summed E-state index contributed by atoms with van der Waals surface area (Å²) in [6.07, 6.45) is -4.69. The number of carboxylic acids is 1. The summed E-state index contributed by atoms with van der Waals surface area (Å²) in [5.74, 6) is -3.41. The van der Waals surface area contributed by atoms with Crippen molar-refractivity contribution in [3.8, 4) is 5.75 Å². The fourth-order valence-electron chi connectivity index (χ4n) is 1.62. The number of hydrogen-bond acceptors (Lipinski definition) is 5. The number of carboxylic acid groups (broad SMARTS) is 1. The molecule has 0 saturated heterocycles. The first kappa shape index (κ1) is 17.3. The van der Waals surface area contributed by atoms with Gasteiger partial charge in [0.05, 0.1) is 0 Å². The van der Waals surface area contributed by atoms with Crippen LogP contribution >= 0.6 is 11.3 Å². The molecule has 0 spiro atoms. The highest BCUT2D eigenvalue weighted by Gasteiger charge is 2.35. The number of hydrogen-bond donors (Lipinski definition) is 2. The summed E-state index contributed by atoms with van der Waals surface area (Å²) in [4.78, 5) is 21.8. The molecule has 0 aliphatic heterocycles. The van der Waals surface area contributed by atoms with Gasteiger partial charge in [0, 0.05) is 5.56 Å².